The maximum atomic E-state index is 6.06. The van der Waals surface area contributed by atoms with Gasteiger partial charge in [0.25, 0.3) is 0 Å². The minimum atomic E-state index is 0.392. The van der Waals surface area contributed by atoms with E-state index >= 15 is 0 Å². The predicted molar refractivity (Wildman–Crippen MR) is 59.5 cm³/mol. The number of pyridine rings is 1. The number of aromatic nitrogens is 1. The SMILES string of the molecule is Clc1nc2ccccc2c(Cl)c1Br. The van der Waals surface area contributed by atoms with Crippen LogP contribution in [0.1, 0.15) is 0 Å². The molecule has 1 heterocycles. The Morgan fingerprint density at radius 2 is 1.85 bits per heavy atom. The predicted octanol–water partition coefficient (Wildman–Crippen LogP) is 4.30. The van der Waals surface area contributed by atoms with Crippen LogP contribution in [-0.4, -0.2) is 4.98 Å². The van der Waals surface area contributed by atoms with Crippen molar-refractivity contribution in [2.75, 3.05) is 0 Å². The molecule has 0 spiro atoms. The number of nitrogens with zero attached hydrogens (tertiary/aromatic N) is 1. The van der Waals surface area contributed by atoms with Crippen LogP contribution in [0.5, 0.6) is 0 Å². The fraction of sp³-hybridized carbons (Fsp3) is 0. The van der Waals surface area contributed by atoms with Gasteiger partial charge in [0.15, 0.2) is 0 Å². The van der Waals surface area contributed by atoms with Crippen molar-refractivity contribution >= 4 is 50.0 Å². The molecule has 2 aromatic rings. The fourth-order valence-electron chi connectivity index (χ4n) is 1.12. The van der Waals surface area contributed by atoms with Crippen molar-refractivity contribution < 1.29 is 0 Å². The molecule has 0 bridgehead atoms. The summed E-state index contributed by atoms with van der Waals surface area (Å²) in [4.78, 5) is 4.17. The topological polar surface area (TPSA) is 12.9 Å². The van der Waals surface area contributed by atoms with Crippen LogP contribution in [-0.2, 0) is 0 Å². The number of hydrogen-bond donors (Lipinski definition) is 0. The van der Waals surface area contributed by atoms with Crippen LogP contribution in [0.15, 0.2) is 28.7 Å². The molecule has 0 radical (unpaired) electrons. The number of rotatable bonds is 0. The molecule has 0 saturated heterocycles. The first-order valence-electron chi connectivity index (χ1n) is 3.59. The van der Waals surface area contributed by atoms with Gasteiger partial charge in [0, 0.05) is 5.39 Å². The molecule has 0 atom stereocenters. The summed E-state index contributed by atoms with van der Waals surface area (Å²) in [5, 5.41) is 1.90. The quantitative estimate of drug-likeness (QED) is 0.654. The summed E-state index contributed by atoms with van der Waals surface area (Å²) in [5.41, 5.74) is 0.806. The van der Waals surface area contributed by atoms with E-state index in [1.54, 1.807) is 0 Å². The van der Waals surface area contributed by atoms with Crippen molar-refractivity contribution in [2.45, 2.75) is 0 Å². The zero-order chi connectivity index (χ0) is 9.42. The minimum Gasteiger partial charge on any atom is -0.235 e. The van der Waals surface area contributed by atoms with Gasteiger partial charge in [0.2, 0.25) is 0 Å². The van der Waals surface area contributed by atoms with Crippen LogP contribution in [0.2, 0.25) is 10.2 Å². The molecule has 13 heavy (non-hydrogen) atoms. The summed E-state index contributed by atoms with van der Waals surface area (Å²) >= 11 is 15.2. The Bertz CT molecular complexity index is 470. The Kier molecular flexibility index (Phi) is 2.45. The average molecular weight is 277 g/mol. The van der Waals surface area contributed by atoms with Gasteiger partial charge in [0.1, 0.15) is 5.15 Å². The average Bonchev–Trinajstić information content (AvgIpc) is 2.15. The van der Waals surface area contributed by atoms with Crippen molar-refractivity contribution in [3.63, 3.8) is 0 Å². The van der Waals surface area contributed by atoms with E-state index in [9.17, 15) is 0 Å². The van der Waals surface area contributed by atoms with Crippen LogP contribution in [0, 0.1) is 0 Å². The van der Waals surface area contributed by atoms with Gasteiger partial charge in [-0.2, -0.15) is 0 Å². The maximum Gasteiger partial charge on any atom is 0.145 e. The van der Waals surface area contributed by atoms with Crippen molar-refractivity contribution in [2.24, 2.45) is 0 Å². The van der Waals surface area contributed by atoms with Gasteiger partial charge in [-0.05, 0) is 22.0 Å². The van der Waals surface area contributed by atoms with E-state index < -0.39 is 0 Å². The second-order valence-corrected chi connectivity index (χ2v) is 4.08. The highest BCUT2D eigenvalue weighted by Crippen LogP contribution is 2.34. The molecule has 1 aromatic carbocycles. The molecule has 0 aliphatic heterocycles. The largest absolute Gasteiger partial charge is 0.235 e. The first-order chi connectivity index (χ1) is 6.20. The Morgan fingerprint density at radius 3 is 2.62 bits per heavy atom. The molecular weight excluding hydrogens is 273 g/mol. The lowest BCUT2D eigenvalue weighted by Gasteiger charge is -2.03. The molecule has 0 aliphatic rings. The van der Waals surface area contributed by atoms with E-state index in [1.807, 2.05) is 24.3 Å². The van der Waals surface area contributed by atoms with E-state index in [1.165, 1.54) is 0 Å². The highest BCUT2D eigenvalue weighted by molar-refractivity contribution is 9.10. The van der Waals surface area contributed by atoms with Crippen molar-refractivity contribution in [3.05, 3.63) is 38.9 Å². The van der Waals surface area contributed by atoms with Crippen LogP contribution in [0.3, 0.4) is 0 Å². The molecule has 0 amide bonds. The summed E-state index contributed by atoms with van der Waals surface area (Å²) in [6.45, 7) is 0. The Morgan fingerprint density at radius 1 is 1.15 bits per heavy atom. The molecule has 66 valence electrons. The second-order valence-electron chi connectivity index (χ2n) is 2.55. The Labute approximate surface area is 93.8 Å². The molecule has 0 unspecified atom stereocenters. The molecule has 4 heteroatoms. The number of halogens is 3. The summed E-state index contributed by atoms with van der Waals surface area (Å²) < 4.78 is 0.648. The molecule has 0 N–H and O–H groups in total. The monoisotopic (exact) mass is 275 g/mol. The Hall–Kier alpha value is -0.310. The first kappa shape index (κ1) is 9.25. The highest BCUT2D eigenvalue weighted by Gasteiger charge is 2.08. The number of benzene rings is 1. The van der Waals surface area contributed by atoms with Gasteiger partial charge in [0.05, 0.1) is 15.0 Å². The van der Waals surface area contributed by atoms with E-state index in [2.05, 4.69) is 20.9 Å². The third-order valence-corrected chi connectivity index (χ3v) is 3.63. The van der Waals surface area contributed by atoms with Crippen LogP contribution in [0.25, 0.3) is 10.9 Å². The summed E-state index contributed by atoms with van der Waals surface area (Å²) in [6, 6.07) is 7.59. The maximum absolute atomic E-state index is 6.06. The second kappa shape index (κ2) is 3.45. The smallest absolute Gasteiger partial charge is 0.145 e. The standard InChI is InChI=1S/C9H4BrCl2N/c10-7-8(11)5-3-1-2-4-6(5)13-9(7)12/h1-4H. The summed E-state index contributed by atoms with van der Waals surface area (Å²) in [5.74, 6) is 0. The third kappa shape index (κ3) is 1.54. The molecule has 1 nitrogen and oxygen atoms in total. The minimum absolute atomic E-state index is 0.392. The van der Waals surface area contributed by atoms with Crippen molar-refractivity contribution in [1.29, 1.82) is 0 Å². The number of para-hydroxylation sites is 1. The zero-order valence-corrected chi connectivity index (χ0v) is 9.49. The molecule has 0 fully saturated rings. The van der Waals surface area contributed by atoms with Gasteiger partial charge in [-0.3, -0.25) is 0 Å². The van der Waals surface area contributed by atoms with E-state index in [0.29, 0.717) is 14.6 Å². The van der Waals surface area contributed by atoms with E-state index in [4.69, 9.17) is 23.2 Å². The molecule has 0 aliphatic carbocycles. The van der Waals surface area contributed by atoms with Gasteiger partial charge in [-0.25, -0.2) is 4.98 Å². The van der Waals surface area contributed by atoms with Crippen LogP contribution < -0.4 is 0 Å². The lowest BCUT2D eigenvalue weighted by atomic mass is 10.2. The van der Waals surface area contributed by atoms with Crippen molar-refractivity contribution in [1.82, 2.24) is 4.98 Å². The molecule has 0 saturated carbocycles. The van der Waals surface area contributed by atoms with Crippen LogP contribution >= 0.6 is 39.1 Å². The lowest BCUT2D eigenvalue weighted by molar-refractivity contribution is 1.39. The van der Waals surface area contributed by atoms with E-state index in [0.717, 1.165) is 10.9 Å². The normalized spacial score (nSPS) is 10.7. The lowest BCUT2D eigenvalue weighted by Crippen LogP contribution is -1.83. The first-order valence-corrected chi connectivity index (χ1v) is 5.14. The molecule has 1 aromatic heterocycles. The van der Waals surface area contributed by atoms with Crippen molar-refractivity contribution in [3.8, 4) is 0 Å². The number of hydrogen-bond acceptors (Lipinski definition) is 1. The third-order valence-electron chi connectivity index (χ3n) is 1.73. The van der Waals surface area contributed by atoms with Gasteiger partial charge in [-0.15, -0.1) is 0 Å². The zero-order valence-electron chi connectivity index (χ0n) is 6.39. The summed E-state index contributed by atoms with van der Waals surface area (Å²) in [7, 11) is 0. The highest BCUT2D eigenvalue weighted by atomic mass is 79.9. The number of fused-ring (bicyclic) bond motifs is 1. The molecular formula is C9H4BrCl2N. The van der Waals surface area contributed by atoms with E-state index in [-0.39, 0.29) is 0 Å². The Balaban J connectivity index is 2.94. The fourth-order valence-corrected chi connectivity index (χ4v) is 1.91. The van der Waals surface area contributed by atoms with Gasteiger partial charge in [-0.1, -0.05) is 41.4 Å². The van der Waals surface area contributed by atoms with Gasteiger partial charge >= 0.3 is 0 Å². The molecule has 2 rings (SSSR count). The summed E-state index contributed by atoms with van der Waals surface area (Å²) in [6.07, 6.45) is 0. The van der Waals surface area contributed by atoms with Crippen LogP contribution in [0.4, 0.5) is 0 Å². The van der Waals surface area contributed by atoms with Gasteiger partial charge < -0.3 is 0 Å².